The zero-order chi connectivity index (χ0) is 20.6. The maximum Gasteiger partial charge on any atom is 0.261 e. The van der Waals surface area contributed by atoms with Gasteiger partial charge in [0.2, 0.25) is 0 Å². The lowest BCUT2D eigenvalue weighted by Crippen LogP contribution is -2.35. The van der Waals surface area contributed by atoms with Crippen LogP contribution in [0.5, 0.6) is 0 Å². The Hall–Kier alpha value is -3.19. The fourth-order valence-corrected chi connectivity index (χ4v) is 4.67. The van der Waals surface area contributed by atoms with E-state index in [4.69, 9.17) is 0 Å². The van der Waals surface area contributed by atoms with Crippen molar-refractivity contribution >= 4 is 27.3 Å². The highest BCUT2D eigenvalue weighted by Gasteiger charge is 2.32. The smallest absolute Gasteiger partial charge is 0.261 e. The summed E-state index contributed by atoms with van der Waals surface area (Å²) in [6, 6.07) is 18.9. The lowest BCUT2D eigenvalue weighted by Gasteiger charge is -2.23. The third-order valence-corrected chi connectivity index (χ3v) is 6.27. The van der Waals surface area contributed by atoms with Gasteiger partial charge in [-0.1, -0.05) is 24.3 Å². The van der Waals surface area contributed by atoms with Crippen LogP contribution < -0.4 is 9.62 Å². The van der Waals surface area contributed by atoms with Gasteiger partial charge < -0.3 is 4.90 Å². The number of anilines is 2. The second-order valence-corrected chi connectivity index (χ2v) is 8.68. The van der Waals surface area contributed by atoms with Crippen LogP contribution in [0.4, 0.5) is 15.8 Å². The van der Waals surface area contributed by atoms with Crippen LogP contribution in [0.15, 0.2) is 77.7 Å². The zero-order valence-corrected chi connectivity index (χ0v) is 16.5. The van der Waals surface area contributed by atoms with E-state index in [0.29, 0.717) is 17.7 Å². The number of carbonyl (C=O) groups is 1. The van der Waals surface area contributed by atoms with Crippen molar-refractivity contribution in [1.29, 1.82) is 0 Å². The molecule has 1 atom stereocenters. The van der Waals surface area contributed by atoms with E-state index in [1.807, 2.05) is 25.1 Å². The number of sulfonamides is 1. The summed E-state index contributed by atoms with van der Waals surface area (Å²) in [6.45, 7) is 1.93. The summed E-state index contributed by atoms with van der Waals surface area (Å²) < 4.78 is 41.2. The topological polar surface area (TPSA) is 66.5 Å². The van der Waals surface area contributed by atoms with Gasteiger partial charge in [0.1, 0.15) is 5.82 Å². The molecule has 3 aromatic rings. The van der Waals surface area contributed by atoms with Gasteiger partial charge in [-0.2, -0.15) is 0 Å². The highest BCUT2D eigenvalue weighted by atomic mass is 32.2. The van der Waals surface area contributed by atoms with Crippen molar-refractivity contribution in [2.45, 2.75) is 24.3 Å². The van der Waals surface area contributed by atoms with Crippen LogP contribution >= 0.6 is 0 Å². The molecule has 148 valence electrons. The first-order valence-corrected chi connectivity index (χ1v) is 10.6. The van der Waals surface area contributed by atoms with Gasteiger partial charge in [-0.15, -0.1) is 0 Å². The molecule has 0 saturated carbocycles. The summed E-state index contributed by atoms with van der Waals surface area (Å²) in [5.74, 6) is -0.645. The van der Waals surface area contributed by atoms with Crippen LogP contribution in [0.1, 0.15) is 22.8 Å². The maximum atomic E-state index is 13.4. The van der Waals surface area contributed by atoms with E-state index in [1.165, 1.54) is 24.3 Å². The van der Waals surface area contributed by atoms with Crippen molar-refractivity contribution in [1.82, 2.24) is 0 Å². The van der Waals surface area contributed by atoms with Gasteiger partial charge in [-0.05, 0) is 67.4 Å². The molecule has 1 amide bonds. The molecular formula is C22H19FN2O3S. The third-order valence-electron chi connectivity index (χ3n) is 4.89. The first-order chi connectivity index (χ1) is 13.8. The minimum atomic E-state index is -3.88. The molecule has 0 radical (unpaired) electrons. The lowest BCUT2D eigenvalue weighted by molar-refractivity contribution is 0.0981. The van der Waals surface area contributed by atoms with Crippen LogP contribution in [-0.4, -0.2) is 20.4 Å². The van der Waals surface area contributed by atoms with Gasteiger partial charge in [-0.25, -0.2) is 12.8 Å². The van der Waals surface area contributed by atoms with E-state index in [-0.39, 0.29) is 22.5 Å². The SMILES string of the molecule is CC1Cc2cc(S(=O)(=O)Nc3cccc(F)c3)ccc2N1C(=O)c1ccccc1. The Morgan fingerprint density at radius 2 is 1.79 bits per heavy atom. The molecule has 0 saturated heterocycles. The Kier molecular flexibility index (Phi) is 4.84. The Bertz CT molecular complexity index is 1180. The van der Waals surface area contributed by atoms with Crippen molar-refractivity contribution in [3.05, 3.63) is 89.7 Å². The van der Waals surface area contributed by atoms with Crippen LogP contribution in [0.3, 0.4) is 0 Å². The van der Waals surface area contributed by atoms with Gasteiger partial charge in [0, 0.05) is 17.3 Å². The predicted octanol–water partition coefficient (Wildman–Crippen LogP) is 4.22. The van der Waals surface area contributed by atoms with E-state index in [9.17, 15) is 17.6 Å². The largest absolute Gasteiger partial charge is 0.305 e. The van der Waals surface area contributed by atoms with Gasteiger partial charge in [0.25, 0.3) is 15.9 Å². The molecule has 0 aromatic heterocycles. The Balaban J connectivity index is 1.64. The number of nitrogens with one attached hydrogen (secondary N) is 1. The van der Waals surface area contributed by atoms with Crippen molar-refractivity contribution in [2.75, 3.05) is 9.62 Å². The Labute approximate surface area is 168 Å². The summed E-state index contributed by atoms with van der Waals surface area (Å²) in [5.41, 5.74) is 2.22. The summed E-state index contributed by atoms with van der Waals surface area (Å²) in [5, 5.41) is 0. The molecule has 0 bridgehead atoms. The molecule has 29 heavy (non-hydrogen) atoms. The molecule has 1 unspecified atom stereocenters. The van der Waals surface area contributed by atoms with Gasteiger partial charge >= 0.3 is 0 Å². The predicted molar refractivity (Wildman–Crippen MR) is 110 cm³/mol. The minimum absolute atomic E-state index is 0.0710. The first-order valence-electron chi connectivity index (χ1n) is 9.15. The monoisotopic (exact) mass is 410 g/mol. The molecule has 5 nitrogen and oxygen atoms in total. The van der Waals surface area contributed by atoms with E-state index in [0.717, 1.165) is 11.6 Å². The second-order valence-electron chi connectivity index (χ2n) is 7.00. The average molecular weight is 410 g/mol. The number of carbonyl (C=O) groups excluding carboxylic acids is 1. The maximum absolute atomic E-state index is 13.4. The van der Waals surface area contributed by atoms with Gasteiger partial charge in [-0.3, -0.25) is 9.52 Å². The number of benzene rings is 3. The first kappa shape index (κ1) is 19.1. The summed E-state index contributed by atoms with van der Waals surface area (Å²) in [6.07, 6.45) is 0.553. The number of nitrogens with zero attached hydrogens (tertiary/aromatic N) is 1. The average Bonchev–Trinajstić information content (AvgIpc) is 3.02. The van der Waals surface area contributed by atoms with E-state index in [1.54, 1.807) is 29.2 Å². The number of halogens is 1. The molecule has 3 aromatic carbocycles. The summed E-state index contributed by atoms with van der Waals surface area (Å²) in [4.78, 5) is 14.7. The van der Waals surface area contributed by atoms with E-state index >= 15 is 0 Å². The molecule has 1 aliphatic rings. The fraction of sp³-hybridized carbons (Fsp3) is 0.136. The van der Waals surface area contributed by atoms with Crippen molar-refractivity contribution in [2.24, 2.45) is 0 Å². The van der Waals surface area contributed by atoms with Crippen molar-refractivity contribution in [3.63, 3.8) is 0 Å². The summed E-state index contributed by atoms with van der Waals surface area (Å²) in [7, 11) is -3.88. The molecule has 0 spiro atoms. The molecule has 0 aliphatic carbocycles. The number of hydrogen-bond acceptors (Lipinski definition) is 3. The molecule has 1 heterocycles. The molecule has 4 rings (SSSR count). The molecule has 7 heteroatoms. The van der Waals surface area contributed by atoms with Crippen LogP contribution in [-0.2, 0) is 16.4 Å². The molecule has 1 aliphatic heterocycles. The second kappa shape index (κ2) is 7.33. The van der Waals surface area contributed by atoms with Crippen molar-refractivity contribution in [3.8, 4) is 0 Å². The highest BCUT2D eigenvalue weighted by Crippen LogP contribution is 2.35. The van der Waals surface area contributed by atoms with Crippen LogP contribution in [0.25, 0.3) is 0 Å². The number of amides is 1. The normalized spacial score (nSPS) is 15.8. The third kappa shape index (κ3) is 3.73. The molecule has 0 fully saturated rings. The van der Waals surface area contributed by atoms with Gasteiger partial charge in [0.15, 0.2) is 0 Å². The quantitative estimate of drug-likeness (QED) is 0.700. The van der Waals surface area contributed by atoms with E-state index < -0.39 is 15.8 Å². The minimum Gasteiger partial charge on any atom is -0.305 e. The zero-order valence-electron chi connectivity index (χ0n) is 15.7. The highest BCUT2D eigenvalue weighted by molar-refractivity contribution is 7.92. The Morgan fingerprint density at radius 1 is 1.03 bits per heavy atom. The van der Waals surface area contributed by atoms with Crippen LogP contribution in [0, 0.1) is 5.82 Å². The number of hydrogen-bond donors (Lipinski definition) is 1. The Morgan fingerprint density at radius 3 is 2.52 bits per heavy atom. The van der Waals surface area contributed by atoms with Gasteiger partial charge in [0.05, 0.1) is 10.6 Å². The fourth-order valence-electron chi connectivity index (χ4n) is 3.57. The standard InChI is InChI=1S/C22H19FN2O3S/c1-15-12-17-13-20(29(27,28)24-19-9-5-8-18(23)14-19)10-11-21(17)25(15)22(26)16-6-3-2-4-7-16/h2-11,13-15,24H,12H2,1H3. The molecular weight excluding hydrogens is 391 g/mol. The van der Waals surface area contributed by atoms with E-state index in [2.05, 4.69) is 4.72 Å². The number of rotatable bonds is 4. The van der Waals surface area contributed by atoms with Crippen molar-refractivity contribution < 1.29 is 17.6 Å². The summed E-state index contributed by atoms with van der Waals surface area (Å²) >= 11 is 0. The van der Waals surface area contributed by atoms with Crippen LogP contribution in [0.2, 0.25) is 0 Å². The molecule has 1 N–H and O–H groups in total. The number of fused-ring (bicyclic) bond motifs is 1. The lowest BCUT2D eigenvalue weighted by atomic mass is 10.1.